The van der Waals surface area contributed by atoms with Crippen LogP contribution in [0.2, 0.25) is 0 Å². The Labute approximate surface area is 405 Å². The Morgan fingerprint density at radius 2 is 0.682 bits per heavy atom. The second-order valence-corrected chi connectivity index (χ2v) is 17.1. The van der Waals surface area contributed by atoms with Crippen molar-refractivity contribution < 1.29 is 28.6 Å². The van der Waals surface area contributed by atoms with Gasteiger partial charge in [0.2, 0.25) is 0 Å². The zero-order valence-corrected chi connectivity index (χ0v) is 42.4. The van der Waals surface area contributed by atoms with Crippen molar-refractivity contribution in [2.24, 2.45) is 0 Å². The Kier molecular flexibility index (Phi) is 50.0. The second kappa shape index (κ2) is 53.4. The summed E-state index contributed by atoms with van der Waals surface area (Å²) in [5, 5.41) is 0. The summed E-state index contributed by atoms with van der Waals surface area (Å²) in [5.41, 5.74) is 0. The van der Waals surface area contributed by atoms with Gasteiger partial charge in [-0.05, 0) is 103 Å². The number of hydrogen-bond donors (Lipinski definition) is 0. The normalized spacial score (nSPS) is 13.1. The van der Waals surface area contributed by atoms with Crippen LogP contribution in [0.25, 0.3) is 0 Å². The fraction of sp³-hybridized carbons (Fsp3) is 0.617. The Balaban J connectivity index is 4.54. The molecule has 0 heterocycles. The monoisotopic (exact) mass is 913 g/mol. The number of carbonyl (C=O) groups is 3. The minimum atomic E-state index is -0.826. The summed E-state index contributed by atoms with van der Waals surface area (Å²) in [7, 11) is 0. The van der Waals surface area contributed by atoms with Crippen LogP contribution in [0.15, 0.2) is 122 Å². The smallest absolute Gasteiger partial charge is 0.306 e. The Morgan fingerprint density at radius 1 is 0.333 bits per heavy atom. The van der Waals surface area contributed by atoms with Crippen molar-refractivity contribution >= 4 is 17.9 Å². The van der Waals surface area contributed by atoms with E-state index < -0.39 is 6.10 Å². The van der Waals surface area contributed by atoms with E-state index in [1.54, 1.807) is 0 Å². The maximum Gasteiger partial charge on any atom is 0.306 e. The molecule has 0 aliphatic heterocycles. The van der Waals surface area contributed by atoms with Gasteiger partial charge in [0.25, 0.3) is 0 Å². The van der Waals surface area contributed by atoms with E-state index in [0.29, 0.717) is 19.3 Å². The van der Waals surface area contributed by atoms with Gasteiger partial charge >= 0.3 is 17.9 Å². The third kappa shape index (κ3) is 50.8. The molecular weight excluding hydrogens is 817 g/mol. The van der Waals surface area contributed by atoms with Crippen LogP contribution in [0.1, 0.15) is 220 Å². The van der Waals surface area contributed by atoms with Crippen molar-refractivity contribution in [3.8, 4) is 0 Å². The molecule has 6 nitrogen and oxygen atoms in total. The van der Waals surface area contributed by atoms with Crippen LogP contribution >= 0.6 is 0 Å². The van der Waals surface area contributed by atoms with Crippen molar-refractivity contribution in [3.63, 3.8) is 0 Å². The highest BCUT2D eigenvalue weighted by Gasteiger charge is 2.19. The molecule has 0 aromatic carbocycles. The highest BCUT2D eigenvalue weighted by atomic mass is 16.6. The predicted molar refractivity (Wildman–Crippen MR) is 283 cm³/mol. The second-order valence-electron chi connectivity index (χ2n) is 17.1. The lowest BCUT2D eigenvalue weighted by Gasteiger charge is -2.18. The van der Waals surface area contributed by atoms with Gasteiger partial charge in [0.05, 0.1) is 0 Å². The largest absolute Gasteiger partial charge is 0.462 e. The van der Waals surface area contributed by atoms with E-state index >= 15 is 0 Å². The summed E-state index contributed by atoms with van der Waals surface area (Å²) in [6.45, 7) is 6.29. The number of esters is 3. The van der Waals surface area contributed by atoms with E-state index in [4.69, 9.17) is 14.2 Å². The highest BCUT2D eigenvalue weighted by Crippen LogP contribution is 2.13. The molecule has 0 aromatic rings. The molecule has 0 aliphatic carbocycles. The van der Waals surface area contributed by atoms with Crippen molar-refractivity contribution in [1.82, 2.24) is 0 Å². The Morgan fingerprint density at radius 3 is 1.14 bits per heavy atom. The van der Waals surface area contributed by atoms with E-state index in [1.165, 1.54) is 51.4 Å². The number of hydrogen-bond acceptors (Lipinski definition) is 6. The molecule has 0 aliphatic rings. The molecule has 0 amide bonds. The summed E-state index contributed by atoms with van der Waals surface area (Å²) in [6, 6.07) is 0. The van der Waals surface area contributed by atoms with Crippen molar-refractivity contribution in [2.75, 3.05) is 13.2 Å². The van der Waals surface area contributed by atoms with Crippen molar-refractivity contribution in [3.05, 3.63) is 122 Å². The summed E-state index contributed by atoms with van der Waals surface area (Å²) < 4.78 is 16.7. The SMILES string of the molecule is CC/C=C/C=C/C=C/CCCCCCCC(=O)OCC(COC(=O)CCCCCCC/C=C/C=C/CCCCCCCCC)OC(=O)CCC/C=C/C/C=C/C/C=C/C/C=C/C/C=C/CC. The lowest BCUT2D eigenvalue weighted by Crippen LogP contribution is -2.30. The average molecular weight is 913 g/mol. The standard InChI is InChI=1S/C60H96O6/c1-4-7-10-13-16-19-22-25-27-29-31-32-35-38-41-44-47-50-53-59(62)65-56-57(55-64-58(61)52-49-46-43-40-37-34-24-21-18-15-12-9-6-3)66-60(63)54-51-48-45-42-39-36-33-30-28-26-23-20-17-14-11-8-5-2/h8-9,11-12,15,17-18,20-21,24,26-29,31-33,36,42,45,57H,4-7,10,13-14,16,19,22-23,25,30,34-35,37-41,43-44,46-56H2,1-3H3/b11-8+,12-9+,18-15+,20-17+,24-21+,28-26+,29-27+,32-31+,36-33+,45-42+. The van der Waals surface area contributed by atoms with Crippen LogP contribution < -0.4 is 0 Å². The van der Waals surface area contributed by atoms with Crippen molar-refractivity contribution in [1.29, 1.82) is 0 Å². The number of carbonyl (C=O) groups excluding carboxylic acids is 3. The van der Waals surface area contributed by atoms with Crippen molar-refractivity contribution in [2.45, 2.75) is 226 Å². The molecule has 0 rings (SSSR count). The average Bonchev–Trinajstić information content (AvgIpc) is 3.31. The van der Waals surface area contributed by atoms with E-state index in [9.17, 15) is 14.4 Å². The zero-order chi connectivity index (χ0) is 47.9. The summed E-state index contributed by atoms with van der Waals surface area (Å²) in [4.78, 5) is 38.0. The minimum absolute atomic E-state index is 0.119. The zero-order valence-electron chi connectivity index (χ0n) is 42.4. The van der Waals surface area contributed by atoms with E-state index in [2.05, 4.69) is 142 Å². The number of allylic oxidation sites excluding steroid dienone is 20. The number of ether oxygens (including phenoxy) is 3. The fourth-order valence-corrected chi connectivity index (χ4v) is 6.82. The lowest BCUT2D eigenvalue weighted by molar-refractivity contribution is -0.167. The first-order chi connectivity index (χ1) is 32.5. The molecule has 372 valence electrons. The number of rotatable bonds is 46. The topological polar surface area (TPSA) is 78.9 Å². The molecule has 0 fully saturated rings. The van der Waals surface area contributed by atoms with Crippen LogP contribution in [0.3, 0.4) is 0 Å². The van der Waals surface area contributed by atoms with Crippen LogP contribution in [0.4, 0.5) is 0 Å². The molecular formula is C60H96O6. The lowest BCUT2D eigenvalue weighted by atomic mass is 10.1. The minimum Gasteiger partial charge on any atom is -0.462 e. The molecule has 1 unspecified atom stereocenters. The molecule has 6 heteroatoms. The van der Waals surface area contributed by atoms with Gasteiger partial charge in [0, 0.05) is 19.3 Å². The molecule has 0 saturated heterocycles. The Bertz CT molecular complexity index is 1420. The fourth-order valence-electron chi connectivity index (χ4n) is 6.82. The first-order valence-corrected chi connectivity index (χ1v) is 26.6. The van der Waals surface area contributed by atoms with Gasteiger partial charge in [-0.1, -0.05) is 219 Å². The third-order valence-electron chi connectivity index (χ3n) is 10.8. The van der Waals surface area contributed by atoms with Gasteiger partial charge in [-0.25, -0.2) is 0 Å². The molecule has 66 heavy (non-hydrogen) atoms. The van der Waals surface area contributed by atoms with Gasteiger partial charge in [-0.15, -0.1) is 0 Å². The summed E-state index contributed by atoms with van der Waals surface area (Å²) >= 11 is 0. The van der Waals surface area contributed by atoms with E-state index in [1.807, 2.05) is 0 Å². The molecule has 0 spiro atoms. The number of unbranched alkanes of at least 4 members (excludes halogenated alkanes) is 18. The van der Waals surface area contributed by atoms with Gasteiger partial charge < -0.3 is 14.2 Å². The molecule has 0 aromatic heterocycles. The highest BCUT2D eigenvalue weighted by molar-refractivity contribution is 5.71. The van der Waals surface area contributed by atoms with Crippen LogP contribution in [-0.2, 0) is 28.6 Å². The van der Waals surface area contributed by atoms with E-state index in [-0.39, 0.29) is 37.5 Å². The molecule has 0 saturated carbocycles. The molecule has 0 radical (unpaired) electrons. The van der Waals surface area contributed by atoms with Gasteiger partial charge in [-0.2, -0.15) is 0 Å². The van der Waals surface area contributed by atoms with Crippen LogP contribution in [0.5, 0.6) is 0 Å². The molecule has 0 N–H and O–H groups in total. The van der Waals surface area contributed by atoms with Gasteiger partial charge in [0.15, 0.2) is 6.10 Å². The van der Waals surface area contributed by atoms with Gasteiger partial charge in [-0.3, -0.25) is 14.4 Å². The maximum absolute atomic E-state index is 12.8. The molecule has 0 bridgehead atoms. The first kappa shape index (κ1) is 61.8. The predicted octanol–water partition coefficient (Wildman–Crippen LogP) is 17.7. The molecule has 1 atom stereocenters. The Hall–Kier alpha value is -4.19. The summed E-state index contributed by atoms with van der Waals surface area (Å²) in [6.07, 6.45) is 73.3. The van der Waals surface area contributed by atoms with Crippen LogP contribution in [-0.4, -0.2) is 37.2 Å². The van der Waals surface area contributed by atoms with Gasteiger partial charge in [0.1, 0.15) is 13.2 Å². The quantitative estimate of drug-likeness (QED) is 0.0199. The first-order valence-electron chi connectivity index (χ1n) is 26.6. The van der Waals surface area contributed by atoms with E-state index in [0.717, 1.165) is 122 Å². The third-order valence-corrected chi connectivity index (χ3v) is 10.8. The maximum atomic E-state index is 12.8. The summed E-state index contributed by atoms with van der Waals surface area (Å²) in [5.74, 6) is -1.02. The van der Waals surface area contributed by atoms with Crippen LogP contribution in [0, 0.1) is 0 Å².